The van der Waals surface area contributed by atoms with Crippen molar-refractivity contribution in [3.05, 3.63) is 62.9 Å². The first-order valence-electron chi connectivity index (χ1n) is 13.2. The van der Waals surface area contributed by atoms with E-state index in [0.717, 1.165) is 31.0 Å². The molecule has 0 bridgehead atoms. The molecule has 1 aromatic carbocycles. The molecule has 0 saturated carbocycles. The van der Waals surface area contributed by atoms with Gasteiger partial charge >= 0.3 is 5.69 Å². The molecule has 45 heavy (non-hydrogen) atoms. The molecule has 11 atom stereocenters. The van der Waals surface area contributed by atoms with Crippen LogP contribution in [0.3, 0.4) is 0 Å². The molecule has 2 fully saturated rings. The summed E-state index contributed by atoms with van der Waals surface area (Å²) >= 11 is 0. The third-order valence-corrected chi connectivity index (χ3v) is 7.64. The Balaban J connectivity index is 0.00000169. The summed E-state index contributed by atoms with van der Waals surface area (Å²) in [5, 5.41) is 65.2. The van der Waals surface area contributed by atoms with Crippen molar-refractivity contribution in [2.75, 3.05) is 27.4 Å². The van der Waals surface area contributed by atoms with Crippen molar-refractivity contribution < 1.29 is 68.1 Å². The Morgan fingerprint density at radius 1 is 0.844 bits per heavy atom. The van der Waals surface area contributed by atoms with Crippen molar-refractivity contribution in [3.8, 4) is 5.75 Å². The lowest BCUT2D eigenvalue weighted by Gasteiger charge is -2.39. The van der Waals surface area contributed by atoms with Crippen LogP contribution in [-0.2, 0) is 22.8 Å². The molecule has 0 aliphatic carbocycles. The highest BCUT2D eigenvalue weighted by Gasteiger charge is 2.45. The van der Waals surface area contributed by atoms with E-state index in [4.69, 9.17) is 37.8 Å². The number of hydrogen-bond donors (Lipinski definition) is 8. The van der Waals surface area contributed by atoms with Crippen LogP contribution in [0, 0.1) is 0 Å². The van der Waals surface area contributed by atoms with Gasteiger partial charge in [0, 0.05) is 32.0 Å². The summed E-state index contributed by atoms with van der Waals surface area (Å²) in [6.07, 6.45) is -11.1. The standard InChI is InChI=1S/C23H30N2O14P2.2CH4O/c1-10(26)11-2-4-12(5-3-11)34-8-13-16(28)18(30)20(32)22(37-13)38-41-39-40-35-9-14-17(29)19(31)21(36-14)25-7-6-15(27)24-23(25)33;2*1-2/h2-7,13-14,16-22,28-32,40-41H,8-9H2,1H3,(H,24,27,33);2*2H,1H3. The second kappa shape index (κ2) is 19.4. The fraction of sp³-hybridized carbons (Fsp3) is 0.560. The Morgan fingerprint density at radius 2 is 1.47 bits per heavy atom. The number of aromatic amines is 1. The lowest BCUT2D eigenvalue weighted by atomic mass is 9.99. The molecule has 3 heterocycles. The molecule has 0 spiro atoms. The summed E-state index contributed by atoms with van der Waals surface area (Å²) < 4.78 is 33.5. The average molecular weight is 685 g/mol. The lowest BCUT2D eigenvalue weighted by molar-refractivity contribution is -0.275. The Labute approximate surface area is 260 Å². The van der Waals surface area contributed by atoms with Crippen molar-refractivity contribution in [1.29, 1.82) is 0 Å². The molecule has 20 heteroatoms. The van der Waals surface area contributed by atoms with Crippen LogP contribution in [0.4, 0.5) is 0 Å². The molecule has 2 saturated heterocycles. The van der Waals surface area contributed by atoms with E-state index >= 15 is 0 Å². The van der Waals surface area contributed by atoms with E-state index in [2.05, 4.69) is 0 Å². The van der Waals surface area contributed by atoms with Crippen molar-refractivity contribution in [2.24, 2.45) is 0 Å². The fourth-order valence-electron chi connectivity index (χ4n) is 4.07. The number of ketones is 1. The minimum atomic E-state index is -1.60. The maximum absolute atomic E-state index is 12.0. The lowest BCUT2D eigenvalue weighted by Crippen LogP contribution is -2.59. The summed E-state index contributed by atoms with van der Waals surface area (Å²) in [6.45, 7) is 1.01. The highest BCUT2D eigenvalue weighted by atomic mass is 31.2. The Hall–Kier alpha value is -2.25. The molecule has 18 nitrogen and oxygen atoms in total. The Bertz CT molecular complexity index is 1280. The molecule has 11 unspecified atom stereocenters. The molecule has 2 aromatic rings. The van der Waals surface area contributed by atoms with Gasteiger partial charge in [-0.2, -0.15) is 0 Å². The summed E-state index contributed by atoms with van der Waals surface area (Å²) in [5.74, 6) is 0.291. The molecule has 2 aliphatic heterocycles. The highest BCUT2D eigenvalue weighted by Crippen LogP contribution is 2.35. The number of rotatable bonds is 12. The van der Waals surface area contributed by atoms with Crippen LogP contribution in [0.25, 0.3) is 0 Å². The number of carbonyl (C=O) groups excluding carboxylic acids is 1. The predicted octanol–water partition coefficient (Wildman–Crippen LogP) is -2.47. The SMILES string of the molecule is CC(=O)c1ccc(OCC2OC(OPOPOCC3OC(n4ccc(=O)[nH]c4=O)C(O)C3O)C(O)C(O)C2O)cc1.CO.CO. The quantitative estimate of drug-likeness (QED) is 0.0654. The van der Waals surface area contributed by atoms with Gasteiger partial charge < -0.3 is 59.0 Å². The summed E-state index contributed by atoms with van der Waals surface area (Å²) in [6, 6.07) is 7.37. The molecular formula is C25H38N2O16P2. The average Bonchev–Trinajstić information content (AvgIpc) is 3.32. The van der Waals surface area contributed by atoms with Crippen LogP contribution in [0.1, 0.15) is 23.5 Å². The van der Waals surface area contributed by atoms with Gasteiger partial charge in [0.25, 0.3) is 5.56 Å². The van der Waals surface area contributed by atoms with Crippen LogP contribution in [0.2, 0.25) is 0 Å². The van der Waals surface area contributed by atoms with Crippen molar-refractivity contribution in [1.82, 2.24) is 9.55 Å². The highest BCUT2D eigenvalue weighted by molar-refractivity contribution is 7.40. The maximum atomic E-state index is 12.0. The van der Waals surface area contributed by atoms with E-state index in [0.29, 0.717) is 11.3 Å². The number of nitrogens with zero attached hydrogens (tertiary/aromatic N) is 1. The smallest absolute Gasteiger partial charge is 0.330 e. The predicted molar refractivity (Wildman–Crippen MR) is 157 cm³/mol. The minimum absolute atomic E-state index is 0.105. The van der Waals surface area contributed by atoms with Gasteiger partial charge in [0.1, 0.15) is 55.1 Å². The van der Waals surface area contributed by atoms with E-state index in [9.17, 15) is 39.9 Å². The third kappa shape index (κ3) is 10.6. The van der Waals surface area contributed by atoms with Crippen LogP contribution >= 0.6 is 18.1 Å². The van der Waals surface area contributed by atoms with Gasteiger partial charge in [0.15, 0.2) is 36.4 Å². The van der Waals surface area contributed by atoms with Crippen LogP contribution in [0.15, 0.2) is 46.1 Å². The molecule has 1 aromatic heterocycles. The zero-order valence-corrected chi connectivity index (χ0v) is 26.3. The van der Waals surface area contributed by atoms with Gasteiger partial charge in [-0.25, -0.2) is 4.79 Å². The largest absolute Gasteiger partial charge is 0.491 e. The first kappa shape index (κ1) is 38.9. The number of aliphatic hydroxyl groups excluding tert-OH is 7. The number of H-pyrrole nitrogens is 1. The van der Waals surface area contributed by atoms with Gasteiger partial charge in [0.2, 0.25) is 0 Å². The van der Waals surface area contributed by atoms with Gasteiger partial charge in [-0.3, -0.25) is 23.5 Å². The first-order valence-corrected chi connectivity index (χ1v) is 14.8. The van der Waals surface area contributed by atoms with E-state index < -0.39 is 84.6 Å². The van der Waals surface area contributed by atoms with E-state index in [1.807, 2.05) is 4.98 Å². The first-order chi connectivity index (χ1) is 21.6. The molecule has 0 amide bonds. The number of aromatic nitrogens is 2. The van der Waals surface area contributed by atoms with Gasteiger partial charge in [-0.1, -0.05) is 0 Å². The molecular weight excluding hydrogens is 646 g/mol. The van der Waals surface area contributed by atoms with Crippen LogP contribution < -0.4 is 16.0 Å². The maximum Gasteiger partial charge on any atom is 0.330 e. The van der Waals surface area contributed by atoms with E-state index in [-0.39, 0.29) is 19.0 Å². The second-order valence-corrected chi connectivity index (χ2v) is 10.8. The number of Topliss-reactive ketones (excluding diaryl/α,β-unsaturated/α-hetero) is 1. The van der Waals surface area contributed by atoms with E-state index in [1.54, 1.807) is 24.3 Å². The van der Waals surface area contributed by atoms with Gasteiger partial charge in [-0.05, 0) is 31.2 Å². The molecule has 2 aliphatic rings. The summed E-state index contributed by atoms with van der Waals surface area (Å²) in [4.78, 5) is 36.6. The van der Waals surface area contributed by atoms with Gasteiger partial charge in [0.05, 0.1) is 6.61 Å². The normalized spacial score (nSPS) is 29.7. The van der Waals surface area contributed by atoms with Crippen LogP contribution in [-0.4, -0.2) is 128 Å². The zero-order chi connectivity index (χ0) is 33.7. The molecule has 0 radical (unpaired) electrons. The summed E-state index contributed by atoms with van der Waals surface area (Å²) in [7, 11) is 0.646. The zero-order valence-electron chi connectivity index (χ0n) is 24.3. The fourth-order valence-corrected chi connectivity index (χ4v) is 5.16. The Kier molecular flexibility index (Phi) is 16.8. The number of ether oxygens (including phenoxy) is 3. The van der Waals surface area contributed by atoms with Crippen molar-refractivity contribution in [3.63, 3.8) is 0 Å². The second-order valence-electron chi connectivity index (χ2n) is 9.17. The third-order valence-electron chi connectivity index (χ3n) is 6.36. The van der Waals surface area contributed by atoms with Crippen molar-refractivity contribution >= 4 is 23.9 Å². The number of nitrogens with one attached hydrogen (secondary N) is 1. The van der Waals surface area contributed by atoms with Crippen molar-refractivity contribution in [2.45, 2.75) is 62.2 Å². The number of benzene rings is 1. The number of hydrogen-bond acceptors (Lipinski definition) is 16. The molecule has 8 N–H and O–H groups in total. The number of carbonyl (C=O) groups is 1. The number of aliphatic hydroxyl groups is 7. The Morgan fingerprint density at radius 3 is 2.09 bits per heavy atom. The minimum Gasteiger partial charge on any atom is -0.491 e. The van der Waals surface area contributed by atoms with Crippen LogP contribution in [0.5, 0.6) is 5.75 Å². The molecule has 254 valence electrons. The van der Waals surface area contributed by atoms with E-state index in [1.165, 1.54) is 6.92 Å². The topological polar surface area (TPSA) is 269 Å². The van der Waals surface area contributed by atoms with Gasteiger partial charge in [-0.15, -0.1) is 0 Å². The monoisotopic (exact) mass is 684 g/mol. The summed E-state index contributed by atoms with van der Waals surface area (Å²) in [5.41, 5.74) is -0.945. The molecule has 4 rings (SSSR count).